The van der Waals surface area contributed by atoms with Gasteiger partial charge in [0.05, 0.1) is 13.5 Å². The summed E-state index contributed by atoms with van der Waals surface area (Å²) < 4.78 is 5.15. The van der Waals surface area contributed by atoms with Crippen molar-refractivity contribution in [1.82, 2.24) is 10.2 Å². The van der Waals surface area contributed by atoms with Crippen molar-refractivity contribution in [2.45, 2.75) is 44.6 Å². The van der Waals surface area contributed by atoms with Crippen molar-refractivity contribution >= 4 is 5.91 Å². The Kier molecular flexibility index (Phi) is 5.55. The normalized spacial score (nSPS) is 24.7. The van der Waals surface area contributed by atoms with Crippen LogP contribution < -0.4 is 10.1 Å². The number of fused-ring (bicyclic) bond motifs is 1. The number of rotatable bonds is 5. The highest BCUT2D eigenvalue weighted by molar-refractivity contribution is 5.78. The Bertz CT molecular complexity index is 513. The van der Waals surface area contributed by atoms with Gasteiger partial charge in [-0.25, -0.2) is 0 Å². The van der Waals surface area contributed by atoms with Crippen LogP contribution in [0.5, 0.6) is 5.75 Å². The lowest BCUT2D eigenvalue weighted by molar-refractivity contribution is -0.120. The first-order chi connectivity index (χ1) is 11.3. The van der Waals surface area contributed by atoms with Crippen molar-refractivity contribution < 1.29 is 9.53 Å². The average molecular weight is 316 g/mol. The van der Waals surface area contributed by atoms with E-state index in [4.69, 9.17) is 4.74 Å². The molecule has 0 bridgehead atoms. The first-order valence-electron chi connectivity index (χ1n) is 8.90. The average Bonchev–Trinajstić information content (AvgIpc) is 2.60. The van der Waals surface area contributed by atoms with Crippen LogP contribution in [0.2, 0.25) is 0 Å². The number of carbonyl (C=O) groups is 1. The van der Waals surface area contributed by atoms with Crippen molar-refractivity contribution in [2.24, 2.45) is 5.92 Å². The fourth-order valence-electron chi connectivity index (χ4n) is 4.05. The molecule has 0 aromatic heterocycles. The number of benzene rings is 1. The smallest absolute Gasteiger partial charge is 0.224 e. The van der Waals surface area contributed by atoms with Gasteiger partial charge in [0.25, 0.3) is 0 Å². The van der Waals surface area contributed by atoms with Crippen LogP contribution in [0.3, 0.4) is 0 Å². The van der Waals surface area contributed by atoms with Crippen LogP contribution in [0.4, 0.5) is 0 Å². The molecular formula is C19H28N2O2. The second kappa shape index (κ2) is 7.82. The van der Waals surface area contributed by atoms with Gasteiger partial charge in [-0.2, -0.15) is 0 Å². The van der Waals surface area contributed by atoms with Gasteiger partial charge in [0.15, 0.2) is 0 Å². The van der Waals surface area contributed by atoms with Gasteiger partial charge >= 0.3 is 0 Å². The van der Waals surface area contributed by atoms with E-state index in [2.05, 4.69) is 10.2 Å². The third-order valence-corrected chi connectivity index (χ3v) is 5.31. The third kappa shape index (κ3) is 4.25. The minimum absolute atomic E-state index is 0.128. The molecule has 126 valence electrons. The topological polar surface area (TPSA) is 41.6 Å². The Morgan fingerprint density at radius 1 is 1.17 bits per heavy atom. The van der Waals surface area contributed by atoms with Crippen molar-refractivity contribution in [1.29, 1.82) is 0 Å². The molecule has 0 aliphatic carbocycles. The maximum Gasteiger partial charge on any atom is 0.224 e. The number of nitrogens with one attached hydrogen (secondary N) is 1. The molecule has 3 rings (SSSR count). The van der Waals surface area contributed by atoms with Crippen molar-refractivity contribution in [3.05, 3.63) is 29.8 Å². The molecule has 2 unspecified atom stereocenters. The number of ether oxygens (including phenoxy) is 1. The molecule has 2 aliphatic heterocycles. The van der Waals surface area contributed by atoms with E-state index in [0.29, 0.717) is 18.4 Å². The molecule has 0 spiro atoms. The molecule has 0 saturated carbocycles. The number of hydrogen-bond donors (Lipinski definition) is 1. The van der Waals surface area contributed by atoms with Gasteiger partial charge in [-0.05, 0) is 62.4 Å². The molecule has 2 fully saturated rings. The number of piperidine rings is 2. The summed E-state index contributed by atoms with van der Waals surface area (Å²) in [5.74, 6) is 1.58. The number of hydrogen-bond acceptors (Lipinski definition) is 3. The predicted octanol–water partition coefficient (Wildman–Crippen LogP) is 2.62. The quantitative estimate of drug-likeness (QED) is 0.908. The highest BCUT2D eigenvalue weighted by Crippen LogP contribution is 2.30. The third-order valence-electron chi connectivity index (χ3n) is 5.31. The maximum atomic E-state index is 12.2. The van der Waals surface area contributed by atoms with Gasteiger partial charge in [-0.15, -0.1) is 0 Å². The summed E-state index contributed by atoms with van der Waals surface area (Å²) in [7, 11) is 1.65. The van der Waals surface area contributed by atoms with E-state index < -0.39 is 0 Å². The summed E-state index contributed by atoms with van der Waals surface area (Å²) >= 11 is 0. The van der Waals surface area contributed by atoms with E-state index in [-0.39, 0.29) is 5.91 Å². The molecule has 2 aliphatic rings. The second-order valence-corrected chi connectivity index (χ2v) is 6.83. The SMILES string of the molecule is COc1ccc(CC(=O)NCC2CCCN3CCCCC23)cc1. The van der Waals surface area contributed by atoms with Gasteiger partial charge in [0.2, 0.25) is 5.91 Å². The van der Waals surface area contributed by atoms with Gasteiger partial charge < -0.3 is 15.0 Å². The molecule has 4 nitrogen and oxygen atoms in total. The van der Waals surface area contributed by atoms with Crippen LogP contribution in [0.1, 0.15) is 37.7 Å². The number of nitrogens with zero attached hydrogens (tertiary/aromatic N) is 1. The van der Waals surface area contributed by atoms with Crippen molar-refractivity contribution in [2.75, 3.05) is 26.7 Å². The Morgan fingerprint density at radius 3 is 2.74 bits per heavy atom. The zero-order valence-corrected chi connectivity index (χ0v) is 14.1. The van der Waals surface area contributed by atoms with Crippen LogP contribution in [0, 0.1) is 5.92 Å². The zero-order chi connectivity index (χ0) is 16.1. The maximum absolute atomic E-state index is 12.2. The molecule has 4 heteroatoms. The van der Waals surface area contributed by atoms with Crippen LogP contribution in [0.25, 0.3) is 0 Å². The fraction of sp³-hybridized carbons (Fsp3) is 0.632. The Hall–Kier alpha value is -1.55. The number of carbonyl (C=O) groups excluding carboxylic acids is 1. The monoisotopic (exact) mass is 316 g/mol. The minimum Gasteiger partial charge on any atom is -0.497 e. The molecule has 1 aromatic carbocycles. The van der Waals surface area contributed by atoms with E-state index in [1.807, 2.05) is 24.3 Å². The summed E-state index contributed by atoms with van der Waals surface area (Å²) in [6, 6.07) is 8.43. The van der Waals surface area contributed by atoms with Gasteiger partial charge in [-0.3, -0.25) is 4.79 Å². The van der Waals surface area contributed by atoms with E-state index in [1.165, 1.54) is 45.2 Å². The van der Waals surface area contributed by atoms with Crippen LogP contribution >= 0.6 is 0 Å². The minimum atomic E-state index is 0.128. The summed E-state index contributed by atoms with van der Waals surface area (Å²) in [5, 5.41) is 3.17. The largest absolute Gasteiger partial charge is 0.497 e. The van der Waals surface area contributed by atoms with Gasteiger partial charge in [0.1, 0.15) is 5.75 Å². The summed E-state index contributed by atoms with van der Waals surface area (Å²) in [4.78, 5) is 14.9. The zero-order valence-electron chi connectivity index (χ0n) is 14.1. The molecule has 0 radical (unpaired) electrons. The molecule has 23 heavy (non-hydrogen) atoms. The Balaban J connectivity index is 1.47. The summed E-state index contributed by atoms with van der Waals surface area (Å²) in [6.07, 6.45) is 6.97. The van der Waals surface area contributed by atoms with E-state index in [1.54, 1.807) is 7.11 Å². The highest BCUT2D eigenvalue weighted by atomic mass is 16.5. The van der Waals surface area contributed by atoms with Gasteiger partial charge in [0, 0.05) is 12.6 Å². The lowest BCUT2D eigenvalue weighted by atomic mass is 9.83. The molecule has 1 N–H and O–H groups in total. The van der Waals surface area contributed by atoms with Crippen LogP contribution in [0.15, 0.2) is 24.3 Å². The highest BCUT2D eigenvalue weighted by Gasteiger charge is 2.32. The van der Waals surface area contributed by atoms with Gasteiger partial charge in [-0.1, -0.05) is 18.6 Å². The number of methoxy groups -OCH3 is 1. The predicted molar refractivity (Wildman–Crippen MR) is 91.6 cm³/mol. The van der Waals surface area contributed by atoms with Crippen LogP contribution in [-0.2, 0) is 11.2 Å². The van der Waals surface area contributed by atoms with E-state index >= 15 is 0 Å². The first kappa shape index (κ1) is 16.3. The molecular weight excluding hydrogens is 288 g/mol. The van der Waals surface area contributed by atoms with Crippen molar-refractivity contribution in [3.63, 3.8) is 0 Å². The Labute approximate surface area is 139 Å². The van der Waals surface area contributed by atoms with Crippen molar-refractivity contribution in [3.8, 4) is 5.75 Å². The summed E-state index contributed by atoms with van der Waals surface area (Å²) in [6.45, 7) is 3.33. The number of amides is 1. The summed E-state index contributed by atoms with van der Waals surface area (Å²) in [5.41, 5.74) is 1.03. The lowest BCUT2D eigenvalue weighted by Gasteiger charge is -2.44. The van der Waals surface area contributed by atoms with E-state index in [9.17, 15) is 4.79 Å². The standard InChI is InChI=1S/C19H28N2O2/c1-23-17-9-7-15(8-10-17)13-19(22)20-14-16-5-4-12-21-11-3-2-6-18(16)21/h7-10,16,18H,2-6,11-14H2,1H3,(H,20,22). The molecule has 1 aromatic rings. The second-order valence-electron chi connectivity index (χ2n) is 6.83. The fourth-order valence-corrected chi connectivity index (χ4v) is 4.05. The Morgan fingerprint density at radius 2 is 1.96 bits per heavy atom. The first-order valence-corrected chi connectivity index (χ1v) is 8.90. The van der Waals surface area contributed by atoms with Crippen LogP contribution in [-0.4, -0.2) is 43.6 Å². The lowest BCUT2D eigenvalue weighted by Crippen LogP contribution is -2.51. The van der Waals surface area contributed by atoms with E-state index in [0.717, 1.165) is 17.9 Å². The molecule has 2 saturated heterocycles. The molecule has 2 atom stereocenters. The molecule has 1 amide bonds. The molecule has 2 heterocycles.